The van der Waals surface area contributed by atoms with Crippen molar-refractivity contribution in [1.29, 1.82) is 0 Å². The number of aromatic nitrogens is 1. The highest BCUT2D eigenvalue weighted by molar-refractivity contribution is 5.83. The van der Waals surface area contributed by atoms with Crippen molar-refractivity contribution in [3.05, 3.63) is 84.9 Å². The van der Waals surface area contributed by atoms with Gasteiger partial charge in [-0.15, -0.1) is 0 Å². The van der Waals surface area contributed by atoms with Gasteiger partial charge in [0.15, 0.2) is 19.0 Å². The first kappa shape index (κ1) is 16.8. The van der Waals surface area contributed by atoms with Crippen molar-refractivity contribution in [3.8, 4) is 17.1 Å². The van der Waals surface area contributed by atoms with Gasteiger partial charge in [-0.05, 0) is 22.9 Å². The molecule has 0 atom stereocenters. The minimum Gasteiger partial charge on any atom is -0.482 e. The van der Waals surface area contributed by atoms with Crippen LogP contribution in [0.1, 0.15) is 5.89 Å². The van der Waals surface area contributed by atoms with Gasteiger partial charge in [0.25, 0.3) is 0 Å². The van der Waals surface area contributed by atoms with Gasteiger partial charge in [-0.3, -0.25) is 0 Å². The maximum atomic E-state index is 11.9. The van der Waals surface area contributed by atoms with Gasteiger partial charge in [0.05, 0.1) is 6.20 Å². The second kappa shape index (κ2) is 7.74. The molecule has 4 rings (SSSR count). The van der Waals surface area contributed by atoms with E-state index >= 15 is 0 Å². The summed E-state index contributed by atoms with van der Waals surface area (Å²) in [5.41, 5.74) is 0.919. The van der Waals surface area contributed by atoms with Crippen molar-refractivity contribution < 1.29 is 18.7 Å². The number of fused-ring (bicyclic) bond motifs is 1. The van der Waals surface area contributed by atoms with E-state index in [1.165, 1.54) is 0 Å². The van der Waals surface area contributed by atoms with Gasteiger partial charge >= 0.3 is 5.97 Å². The van der Waals surface area contributed by atoms with Crippen LogP contribution in [-0.2, 0) is 16.1 Å². The fourth-order valence-corrected chi connectivity index (χ4v) is 2.70. The second-order valence-corrected chi connectivity index (χ2v) is 5.94. The fraction of sp³-hybridized carbons (Fsp3) is 0.0909. The molecule has 0 saturated heterocycles. The van der Waals surface area contributed by atoms with Crippen molar-refractivity contribution >= 4 is 16.7 Å². The number of ether oxygens (including phenoxy) is 2. The number of nitrogens with zero attached hydrogens (tertiary/aromatic N) is 1. The molecule has 0 unspecified atom stereocenters. The molecule has 0 radical (unpaired) electrons. The summed E-state index contributed by atoms with van der Waals surface area (Å²) in [4.78, 5) is 16.0. The third-order valence-electron chi connectivity index (χ3n) is 4.05. The monoisotopic (exact) mass is 359 g/mol. The van der Waals surface area contributed by atoms with Gasteiger partial charge in [0.1, 0.15) is 5.75 Å². The first-order valence-corrected chi connectivity index (χ1v) is 8.55. The molecule has 0 spiro atoms. The molecule has 4 aromatic rings. The van der Waals surface area contributed by atoms with Crippen LogP contribution >= 0.6 is 0 Å². The zero-order valence-corrected chi connectivity index (χ0v) is 14.5. The quantitative estimate of drug-likeness (QED) is 0.470. The molecule has 0 N–H and O–H groups in total. The third kappa shape index (κ3) is 4.15. The standard InChI is InChI=1S/C22H17NO4/c24-22(15-25-19-11-10-16-6-4-5-9-18(16)12-19)26-14-21-23-13-20(27-21)17-7-2-1-3-8-17/h1-13H,14-15H2. The van der Waals surface area contributed by atoms with Crippen LogP contribution in [0.15, 0.2) is 83.4 Å². The topological polar surface area (TPSA) is 61.6 Å². The summed E-state index contributed by atoms with van der Waals surface area (Å²) >= 11 is 0. The number of hydrogen-bond donors (Lipinski definition) is 0. The summed E-state index contributed by atoms with van der Waals surface area (Å²) in [6.45, 7) is -0.211. The smallest absolute Gasteiger partial charge is 0.344 e. The molecule has 0 aliphatic heterocycles. The van der Waals surface area contributed by atoms with Crippen molar-refractivity contribution in [2.24, 2.45) is 0 Å². The number of benzene rings is 3. The van der Waals surface area contributed by atoms with Crippen LogP contribution in [0.4, 0.5) is 0 Å². The molecule has 0 amide bonds. The molecule has 5 nitrogen and oxygen atoms in total. The Hall–Kier alpha value is -3.60. The summed E-state index contributed by atoms with van der Waals surface area (Å²) in [7, 11) is 0. The molecular formula is C22H17NO4. The minimum atomic E-state index is -0.484. The zero-order chi connectivity index (χ0) is 18.5. The van der Waals surface area contributed by atoms with Crippen molar-refractivity contribution in [1.82, 2.24) is 4.98 Å². The molecule has 134 valence electrons. The first-order chi connectivity index (χ1) is 13.3. The van der Waals surface area contributed by atoms with Crippen LogP contribution in [0.3, 0.4) is 0 Å². The Morgan fingerprint density at radius 3 is 2.56 bits per heavy atom. The van der Waals surface area contributed by atoms with E-state index in [9.17, 15) is 4.79 Å². The van der Waals surface area contributed by atoms with Crippen LogP contribution in [-0.4, -0.2) is 17.6 Å². The van der Waals surface area contributed by atoms with E-state index in [0.717, 1.165) is 16.3 Å². The van der Waals surface area contributed by atoms with Crippen molar-refractivity contribution in [2.75, 3.05) is 6.61 Å². The zero-order valence-electron chi connectivity index (χ0n) is 14.5. The molecule has 5 heteroatoms. The molecule has 0 saturated carbocycles. The Bertz CT molecular complexity index is 1060. The fourth-order valence-electron chi connectivity index (χ4n) is 2.70. The average molecular weight is 359 g/mol. The van der Waals surface area contributed by atoms with Gasteiger partial charge in [0, 0.05) is 5.56 Å². The summed E-state index contributed by atoms with van der Waals surface area (Å²) < 4.78 is 16.3. The number of esters is 1. The lowest BCUT2D eigenvalue weighted by molar-refractivity contribution is -0.148. The summed E-state index contributed by atoms with van der Waals surface area (Å²) in [5, 5.41) is 2.17. The molecule has 0 fully saturated rings. The first-order valence-electron chi connectivity index (χ1n) is 8.55. The normalized spacial score (nSPS) is 10.7. The second-order valence-electron chi connectivity index (χ2n) is 5.94. The third-order valence-corrected chi connectivity index (χ3v) is 4.05. The Balaban J connectivity index is 1.30. The van der Waals surface area contributed by atoms with E-state index in [2.05, 4.69) is 4.98 Å². The van der Waals surface area contributed by atoms with E-state index in [1.807, 2.05) is 72.8 Å². The van der Waals surface area contributed by atoms with Gasteiger partial charge in [-0.2, -0.15) is 0 Å². The maximum absolute atomic E-state index is 11.9. The van der Waals surface area contributed by atoms with Gasteiger partial charge < -0.3 is 13.9 Å². The van der Waals surface area contributed by atoms with Crippen LogP contribution < -0.4 is 4.74 Å². The molecular weight excluding hydrogens is 342 g/mol. The van der Waals surface area contributed by atoms with Gasteiger partial charge in [0.2, 0.25) is 5.89 Å². The lowest BCUT2D eigenvalue weighted by Crippen LogP contribution is -2.14. The van der Waals surface area contributed by atoms with Gasteiger partial charge in [-0.1, -0.05) is 60.7 Å². The Labute approximate surface area is 156 Å². The molecule has 1 heterocycles. The molecule has 3 aromatic carbocycles. The van der Waals surface area contributed by atoms with E-state index in [4.69, 9.17) is 13.9 Å². The highest BCUT2D eigenvalue weighted by atomic mass is 16.6. The van der Waals surface area contributed by atoms with Crippen molar-refractivity contribution in [2.45, 2.75) is 6.61 Å². The summed E-state index contributed by atoms with van der Waals surface area (Å²) in [6, 6.07) is 23.2. The predicted octanol–water partition coefficient (Wildman–Crippen LogP) is 4.62. The predicted molar refractivity (Wildman–Crippen MR) is 101 cm³/mol. The SMILES string of the molecule is O=C(COc1ccc2ccccc2c1)OCc1ncc(-c2ccccc2)o1. The summed E-state index contributed by atoms with van der Waals surface area (Å²) in [5.74, 6) is 1.11. The number of oxazole rings is 1. The van der Waals surface area contributed by atoms with Crippen molar-refractivity contribution in [3.63, 3.8) is 0 Å². The molecule has 0 aliphatic carbocycles. The number of carbonyl (C=O) groups excluding carboxylic acids is 1. The number of carbonyl (C=O) groups is 1. The largest absolute Gasteiger partial charge is 0.482 e. The summed E-state index contributed by atoms with van der Waals surface area (Å²) in [6.07, 6.45) is 1.62. The lowest BCUT2D eigenvalue weighted by atomic mass is 10.1. The number of hydrogen-bond acceptors (Lipinski definition) is 5. The number of rotatable bonds is 6. The maximum Gasteiger partial charge on any atom is 0.344 e. The van der Waals surface area contributed by atoms with Gasteiger partial charge in [-0.25, -0.2) is 9.78 Å². The molecule has 27 heavy (non-hydrogen) atoms. The molecule has 0 aliphatic rings. The van der Waals surface area contributed by atoms with E-state index in [1.54, 1.807) is 6.20 Å². The van der Waals surface area contributed by atoms with E-state index < -0.39 is 5.97 Å². The van der Waals surface area contributed by atoms with Crippen LogP contribution in [0, 0.1) is 0 Å². The van der Waals surface area contributed by atoms with Crippen LogP contribution in [0.5, 0.6) is 5.75 Å². The van der Waals surface area contributed by atoms with Crippen LogP contribution in [0.2, 0.25) is 0 Å². The van der Waals surface area contributed by atoms with E-state index in [0.29, 0.717) is 17.4 Å². The highest BCUT2D eigenvalue weighted by Crippen LogP contribution is 2.21. The Kier molecular flexibility index (Phi) is 4.83. The minimum absolute atomic E-state index is 0.0350. The lowest BCUT2D eigenvalue weighted by Gasteiger charge is -2.07. The molecule has 1 aromatic heterocycles. The van der Waals surface area contributed by atoms with E-state index in [-0.39, 0.29) is 13.2 Å². The van der Waals surface area contributed by atoms with Crippen LogP contribution in [0.25, 0.3) is 22.1 Å². The Morgan fingerprint density at radius 1 is 0.926 bits per heavy atom. The molecule has 0 bridgehead atoms. The highest BCUT2D eigenvalue weighted by Gasteiger charge is 2.10. The Morgan fingerprint density at radius 2 is 1.70 bits per heavy atom. The average Bonchev–Trinajstić information content (AvgIpc) is 3.20.